The Morgan fingerprint density at radius 1 is 1.23 bits per heavy atom. The molecule has 1 aliphatic rings. The Morgan fingerprint density at radius 2 is 1.92 bits per heavy atom. The molecule has 1 atom stereocenters. The lowest BCUT2D eigenvalue weighted by Crippen LogP contribution is -2.35. The van der Waals surface area contributed by atoms with Gasteiger partial charge < -0.3 is 9.88 Å². The van der Waals surface area contributed by atoms with Crippen LogP contribution in [-0.2, 0) is 11.8 Å². The van der Waals surface area contributed by atoms with E-state index in [9.17, 15) is 4.79 Å². The van der Waals surface area contributed by atoms with E-state index in [4.69, 9.17) is 0 Å². The van der Waals surface area contributed by atoms with Gasteiger partial charge in [-0.1, -0.05) is 60.9 Å². The molecular weight excluding hydrogens is 344 g/mol. The van der Waals surface area contributed by atoms with Gasteiger partial charge in [0, 0.05) is 19.2 Å². The van der Waals surface area contributed by atoms with Gasteiger partial charge in [0.15, 0.2) is 11.0 Å². The summed E-state index contributed by atoms with van der Waals surface area (Å²) in [5.41, 5.74) is 2.25. The third-order valence-corrected chi connectivity index (χ3v) is 6.22. The summed E-state index contributed by atoms with van der Waals surface area (Å²) in [5, 5.41) is 12.3. The first-order valence-electron chi connectivity index (χ1n) is 9.45. The predicted octanol–water partition coefficient (Wildman–Crippen LogP) is 3.97. The number of carbonyl (C=O) groups is 1. The molecular formula is C20H28N4OS. The largest absolute Gasteiger partial charge is 0.355 e. The number of hydrogen-bond donors (Lipinski definition) is 1. The minimum absolute atomic E-state index is 0.0838. The molecule has 1 heterocycles. The van der Waals surface area contributed by atoms with Crippen molar-refractivity contribution in [2.75, 3.05) is 6.54 Å². The van der Waals surface area contributed by atoms with Crippen molar-refractivity contribution in [1.82, 2.24) is 20.1 Å². The molecule has 0 saturated heterocycles. The molecule has 5 nitrogen and oxygen atoms in total. The highest BCUT2D eigenvalue weighted by molar-refractivity contribution is 8.00. The third-order valence-electron chi connectivity index (χ3n) is 5.09. The average molecular weight is 373 g/mol. The molecule has 1 aliphatic carbocycles. The van der Waals surface area contributed by atoms with Crippen LogP contribution < -0.4 is 5.32 Å². The molecule has 1 N–H and O–H groups in total. The maximum Gasteiger partial charge on any atom is 0.233 e. The third kappa shape index (κ3) is 4.67. The standard InChI is InChI=1S/C20H28N4OS/c1-14-9-11-17(12-10-14)18-22-23-20(24(18)3)26-15(2)19(25)21-13-16-7-5-4-6-8-16/h9-12,15-16H,4-8,13H2,1-3H3,(H,21,25). The highest BCUT2D eigenvalue weighted by Gasteiger charge is 2.21. The minimum Gasteiger partial charge on any atom is -0.355 e. The topological polar surface area (TPSA) is 59.8 Å². The fourth-order valence-corrected chi connectivity index (χ4v) is 4.20. The molecule has 1 unspecified atom stereocenters. The minimum atomic E-state index is -0.188. The van der Waals surface area contributed by atoms with Gasteiger partial charge in [0.25, 0.3) is 0 Å². The SMILES string of the molecule is Cc1ccc(-c2nnc(SC(C)C(=O)NCC3CCCCC3)n2C)cc1. The molecule has 1 aromatic carbocycles. The van der Waals surface area contributed by atoms with E-state index in [0.29, 0.717) is 5.92 Å². The van der Waals surface area contributed by atoms with Gasteiger partial charge in [-0.2, -0.15) is 0 Å². The van der Waals surface area contributed by atoms with Crippen LogP contribution >= 0.6 is 11.8 Å². The lowest BCUT2D eigenvalue weighted by molar-refractivity contribution is -0.120. The van der Waals surface area contributed by atoms with Crippen molar-refractivity contribution in [2.45, 2.75) is 56.4 Å². The summed E-state index contributed by atoms with van der Waals surface area (Å²) in [4.78, 5) is 12.4. The predicted molar refractivity (Wildman–Crippen MR) is 106 cm³/mol. The number of carbonyl (C=O) groups excluding carboxylic acids is 1. The first-order valence-corrected chi connectivity index (χ1v) is 10.3. The molecule has 2 aromatic rings. The summed E-state index contributed by atoms with van der Waals surface area (Å²) in [6.07, 6.45) is 6.42. The average Bonchev–Trinajstić information content (AvgIpc) is 3.01. The van der Waals surface area contributed by atoms with Gasteiger partial charge in [0.05, 0.1) is 5.25 Å². The Labute approximate surface area is 160 Å². The van der Waals surface area contributed by atoms with Crippen LogP contribution in [0, 0.1) is 12.8 Å². The van der Waals surface area contributed by atoms with Crippen LogP contribution in [0.4, 0.5) is 0 Å². The Hall–Kier alpha value is -1.82. The van der Waals surface area contributed by atoms with E-state index in [1.807, 2.05) is 30.7 Å². The summed E-state index contributed by atoms with van der Waals surface area (Å²) in [6, 6.07) is 8.23. The Kier molecular flexibility index (Phi) is 6.35. The molecule has 26 heavy (non-hydrogen) atoms. The van der Waals surface area contributed by atoms with E-state index in [1.165, 1.54) is 49.4 Å². The number of amides is 1. The highest BCUT2D eigenvalue weighted by atomic mass is 32.2. The number of benzene rings is 1. The second-order valence-electron chi connectivity index (χ2n) is 7.24. The number of hydrogen-bond acceptors (Lipinski definition) is 4. The quantitative estimate of drug-likeness (QED) is 0.780. The molecule has 0 aliphatic heterocycles. The lowest BCUT2D eigenvalue weighted by atomic mass is 9.89. The Balaban J connectivity index is 1.57. The van der Waals surface area contributed by atoms with E-state index >= 15 is 0 Å². The number of aromatic nitrogens is 3. The molecule has 140 valence electrons. The van der Waals surface area contributed by atoms with Crippen molar-refractivity contribution in [3.63, 3.8) is 0 Å². The first-order chi connectivity index (χ1) is 12.5. The highest BCUT2D eigenvalue weighted by Crippen LogP contribution is 2.26. The maximum absolute atomic E-state index is 12.4. The van der Waals surface area contributed by atoms with Gasteiger partial charge >= 0.3 is 0 Å². The van der Waals surface area contributed by atoms with E-state index in [1.54, 1.807) is 0 Å². The molecule has 0 bridgehead atoms. The molecule has 1 saturated carbocycles. The molecule has 1 amide bonds. The number of thioether (sulfide) groups is 1. The van der Waals surface area contributed by atoms with Crippen LogP contribution in [0.5, 0.6) is 0 Å². The van der Waals surface area contributed by atoms with Crippen LogP contribution in [0.3, 0.4) is 0 Å². The molecule has 3 rings (SSSR count). The zero-order chi connectivity index (χ0) is 18.5. The fraction of sp³-hybridized carbons (Fsp3) is 0.550. The van der Waals surface area contributed by atoms with Crippen LogP contribution in [-0.4, -0.2) is 32.5 Å². The molecule has 0 spiro atoms. The van der Waals surface area contributed by atoms with Gasteiger partial charge in [0.2, 0.25) is 5.91 Å². The van der Waals surface area contributed by atoms with Crippen LogP contribution in [0.2, 0.25) is 0 Å². The normalized spacial score (nSPS) is 16.4. The van der Waals surface area contributed by atoms with E-state index in [2.05, 4.69) is 34.6 Å². The van der Waals surface area contributed by atoms with Gasteiger partial charge in [-0.25, -0.2) is 0 Å². The van der Waals surface area contributed by atoms with E-state index in [-0.39, 0.29) is 11.2 Å². The van der Waals surface area contributed by atoms with Crippen LogP contribution in [0.15, 0.2) is 29.4 Å². The molecule has 0 radical (unpaired) electrons. The van der Waals surface area contributed by atoms with E-state index < -0.39 is 0 Å². The van der Waals surface area contributed by atoms with Crippen LogP contribution in [0.25, 0.3) is 11.4 Å². The zero-order valence-electron chi connectivity index (χ0n) is 15.9. The monoisotopic (exact) mass is 372 g/mol. The maximum atomic E-state index is 12.4. The Morgan fingerprint density at radius 3 is 2.62 bits per heavy atom. The van der Waals surface area contributed by atoms with Crippen molar-refractivity contribution >= 4 is 17.7 Å². The zero-order valence-corrected chi connectivity index (χ0v) is 16.7. The van der Waals surface area contributed by atoms with Gasteiger partial charge in [-0.3, -0.25) is 4.79 Å². The number of rotatable bonds is 6. The Bertz CT molecular complexity index is 735. The molecule has 6 heteroatoms. The van der Waals surface area contributed by atoms with Crippen LogP contribution in [0.1, 0.15) is 44.6 Å². The smallest absolute Gasteiger partial charge is 0.233 e. The summed E-state index contributed by atoms with van der Waals surface area (Å²) in [5.74, 6) is 1.55. The second kappa shape index (κ2) is 8.71. The summed E-state index contributed by atoms with van der Waals surface area (Å²) < 4.78 is 1.96. The first kappa shape index (κ1) is 19.0. The molecule has 1 fully saturated rings. The van der Waals surface area contributed by atoms with E-state index in [0.717, 1.165) is 23.1 Å². The number of nitrogens with zero attached hydrogens (tertiary/aromatic N) is 3. The fourth-order valence-electron chi connectivity index (χ4n) is 3.36. The van der Waals surface area contributed by atoms with Gasteiger partial charge in [-0.15, -0.1) is 10.2 Å². The second-order valence-corrected chi connectivity index (χ2v) is 8.55. The van der Waals surface area contributed by atoms with Gasteiger partial charge in [-0.05, 0) is 32.6 Å². The van der Waals surface area contributed by atoms with Crippen molar-refractivity contribution in [3.05, 3.63) is 29.8 Å². The number of aryl methyl sites for hydroxylation is 1. The summed E-state index contributed by atoms with van der Waals surface area (Å²) in [6.45, 7) is 4.80. The lowest BCUT2D eigenvalue weighted by Gasteiger charge is -2.22. The summed E-state index contributed by atoms with van der Waals surface area (Å²) >= 11 is 1.46. The number of nitrogens with one attached hydrogen (secondary N) is 1. The van der Waals surface area contributed by atoms with Crippen molar-refractivity contribution in [3.8, 4) is 11.4 Å². The van der Waals surface area contributed by atoms with Crippen molar-refractivity contribution in [2.24, 2.45) is 13.0 Å². The molecule has 1 aromatic heterocycles. The van der Waals surface area contributed by atoms with Crippen molar-refractivity contribution in [1.29, 1.82) is 0 Å². The summed E-state index contributed by atoms with van der Waals surface area (Å²) in [7, 11) is 1.95. The van der Waals surface area contributed by atoms with Crippen molar-refractivity contribution < 1.29 is 4.79 Å². The van der Waals surface area contributed by atoms with Gasteiger partial charge in [0.1, 0.15) is 0 Å².